The van der Waals surface area contributed by atoms with Crippen LogP contribution in [0.1, 0.15) is 68.1 Å². The maximum absolute atomic E-state index is 17.3. The third kappa shape index (κ3) is 25.2. The van der Waals surface area contributed by atoms with Crippen LogP contribution in [0.3, 0.4) is 0 Å². The van der Waals surface area contributed by atoms with Gasteiger partial charge in [0.15, 0.2) is 18.9 Å². The number of hydrogen-bond acceptors (Lipinski definition) is 19. The molecule has 1 N–H and O–H groups in total. The van der Waals surface area contributed by atoms with Gasteiger partial charge in [-0.1, -0.05) is 341 Å². The lowest BCUT2D eigenvalue weighted by molar-refractivity contribution is -0.389. The summed E-state index contributed by atoms with van der Waals surface area (Å²) in [5, 5.41) is 12.6. The predicted octanol–water partition coefficient (Wildman–Crippen LogP) is 17.0. The summed E-state index contributed by atoms with van der Waals surface area (Å²) in [5.74, 6) is -0.494. The molecule has 4 fully saturated rings. The Bertz CT molecular complexity index is 4690. The fourth-order valence-corrected chi connectivity index (χ4v) is 15.8. The summed E-state index contributed by atoms with van der Waals surface area (Å²) >= 11 is 0. The number of aliphatic hydroxyl groups is 1. The van der Waals surface area contributed by atoms with Crippen LogP contribution < -0.4 is 0 Å². The van der Waals surface area contributed by atoms with E-state index in [0.29, 0.717) is 6.61 Å². The second-order valence-corrected chi connectivity index (χ2v) is 31.1. The Balaban J connectivity index is 0.832. The molecular weight excluding hydrogens is 1550 g/mol. The van der Waals surface area contributed by atoms with Crippen LogP contribution in [0.2, 0.25) is 0 Å². The van der Waals surface area contributed by atoms with Gasteiger partial charge in [0, 0.05) is 5.92 Å². The Labute approximate surface area is 714 Å². The van der Waals surface area contributed by atoms with Gasteiger partial charge in [0.25, 0.3) is 0 Å². The first-order valence-corrected chi connectivity index (χ1v) is 42.2. The van der Waals surface area contributed by atoms with Crippen molar-refractivity contribution >= 4 is 0 Å². The highest BCUT2D eigenvalue weighted by molar-refractivity contribution is 5.23. The molecule has 8 unspecified atom stereocenters. The molecular formula is C102H109FO19. The highest BCUT2D eigenvalue weighted by atomic mass is 19.1. The molecule has 11 aromatic rings. The summed E-state index contributed by atoms with van der Waals surface area (Å²) in [7, 11) is 0. The zero-order valence-electron chi connectivity index (χ0n) is 68.6. The van der Waals surface area contributed by atoms with E-state index in [9.17, 15) is 5.11 Å². The van der Waals surface area contributed by atoms with Gasteiger partial charge in [-0.05, 0) is 61.2 Å². The lowest BCUT2D eigenvalue weighted by atomic mass is 9.91. The van der Waals surface area contributed by atoms with Crippen LogP contribution in [-0.2, 0) is 158 Å². The van der Waals surface area contributed by atoms with Crippen molar-refractivity contribution in [2.75, 3.05) is 26.4 Å². The van der Waals surface area contributed by atoms with Crippen LogP contribution in [0.15, 0.2) is 334 Å². The summed E-state index contributed by atoms with van der Waals surface area (Å²) < 4.78 is 146. The SMILES string of the molecule is CC1[C@H](OCC2O[C@@H](OC3[C@H](OCC4O[C@@H](F)C(OCc5ccccc5)[C@@H](O)[C@@H]4OCc4ccccc4)OC(COCc4ccccc4)[C@H](OCc4ccccc4)[C@@H]3OCc3ccccc3)C(OCc3ccccc3)[C@@H](OCc3ccccc3)[C@H]2OCc2ccccc2)OC(COCc2ccccc2)[C@H](OCc2ccccc2)[C@@H]1OCc1ccccc1. The average molecular weight is 1660 g/mol. The Morgan fingerprint density at radius 1 is 0.221 bits per heavy atom. The highest BCUT2D eigenvalue weighted by Gasteiger charge is 2.57. The fraction of sp³-hybridized carbons (Fsp3) is 0.353. The van der Waals surface area contributed by atoms with E-state index in [1.807, 2.05) is 341 Å². The lowest BCUT2D eigenvalue weighted by Gasteiger charge is -2.51. The van der Waals surface area contributed by atoms with E-state index in [1.165, 1.54) is 0 Å². The first kappa shape index (κ1) is 87.5. The molecule has 122 heavy (non-hydrogen) atoms. The standard InChI is InChI=1S/C102H109FO19/c1-72-89(107-59-75-39-17-4-18-40-75)91(109-61-77-43-21-6-22-44-77)84(68-105-57-73-35-13-2-14-36-73)119-100(72)116-71-87-93(111-63-79-47-25-8-26-48-79)95(113-65-81-51-29-10-30-52-81)97(115-67-83-55-33-12-34-56-83)102(121-87)122-98-96(114-66-82-53-31-11-32-54-82)92(110-62-78-45-23-7-24-46-78)85(69-106-58-74-37-15-3-16-38-74)120-101(98)117-70-86-90(108-60-76-41-19-5-20-42-76)88(104)94(99(103)118-86)112-64-80-49-27-9-28-50-80/h2-56,72,84-102,104H,57-71H2,1H3/t72?,84?,85?,86?,87?,88-,89+,90+,91-,92-,93-,94?,95-,96-,97?,98?,99+,100+,101+,102-/m0/s1. The van der Waals surface area contributed by atoms with Crippen molar-refractivity contribution in [2.45, 2.75) is 196 Å². The van der Waals surface area contributed by atoms with Crippen LogP contribution in [0.4, 0.5) is 4.39 Å². The van der Waals surface area contributed by atoms with Crippen LogP contribution in [0.5, 0.6) is 0 Å². The molecule has 0 amide bonds. The third-order valence-corrected chi connectivity index (χ3v) is 22.2. The van der Waals surface area contributed by atoms with E-state index in [4.69, 9.17) is 85.3 Å². The van der Waals surface area contributed by atoms with E-state index in [-0.39, 0.29) is 85.9 Å². The number of halogens is 1. The van der Waals surface area contributed by atoms with Crippen LogP contribution >= 0.6 is 0 Å². The Morgan fingerprint density at radius 2 is 0.451 bits per heavy atom. The largest absolute Gasteiger partial charge is 0.387 e. The molecule has 4 saturated heterocycles. The Kier molecular flexibility index (Phi) is 33.2. The van der Waals surface area contributed by atoms with Crippen molar-refractivity contribution < 1.29 is 94.8 Å². The first-order valence-electron chi connectivity index (χ1n) is 42.2. The van der Waals surface area contributed by atoms with E-state index in [2.05, 4.69) is 0 Å². The highest BCUT2D eigenvalue weighted by Crippen LogP contribution is 2.40. The van der Waals surface area contributed by atoms with Gasteiger partial charge in [0.1, 0.15) is 85.5 Å². The van der Waals surface area contributed by atoms with Crippen molar-refractivity contribution in [1.29, 1.82) is 0 Å². The number of alkyl halides is 1. The van der Waals surface area contributed by atoms with Crippen molar-refractivity contribution in [3.63, 3.8) is 0 Å². The minimum atomic E-state index is -2.15. The Morgan fingerprint density at radius 3 is 0.787 bits per heavy atom. The van der Waals surface area contributed by atoms with Gasteiger partial charge >= 0.3 is 0 Å². The molecule has 19 nitrogen and oxygen atoms in total. The number of rotatable bonds is 43. The molecule has 0 aliphatic carbocycles. The molecule has 20 atom stereocenters. The van der Waals surface area contributed by atoms with Crippen molar-refractivity contribution in [3.8, 4) is 0 Å². The molecule has 0 radical (unpaired) electrons. The van der Waals surface area contributed by atoms with Crippen LogP contribution in [0.25, 0.3) is 0 Å². The molecule has 0 bridgehead atoms. The van der Waals surface area contributed by atoms with Gasteiger partial charge in [-0.25, -0.2) is 4.39 Å². The number of hydrogen-bond donors (Lipinski definition) is 1. The molecule has 11 aromatic carbocycles. The first-order chi connectivity index (χ1) is 60.2. The zero-order chi connectivity index (χ0) is 83.1. The fourth-order valence-electron chi connectivity index (χ4n) is 15.8. The lowest BCUT2D eigenvalue weighted by Crippen LogP contribution is -2.67. The second-order valence-electron chi connectivity index (χ2n) is 31.1. The monoisotopic (exact) mass is 1660 g/mol. The maximum Gasteiger partial charge on any atom is 0.228 e. The normalized spacial score (nSPS) is 26.6. The zero-order valence-corrected chi connectivity index (χ0v) is 68.6. The van der Waals surface area contributed by atoms with E-state index in [0.717, 1.165) is 61.2 Å². The van der Waals surface area contributed by atoms with Crippen molar-refractivity contribution in [2.24, 2.45) is 5.92 Å². The van der Waals surface area contributed by atoms with Gasteiger partial charge in [0.2, 0.25) is 6.36 Å². The van der Waals surface area contributed by atoms with Gasteiger partial charge in [-0.2, -0.15) is 0 Å². The molecule has 0 aromatic heterocycles. The molecule has 638 valence electrons. The topological polar surface area (TPSA) is 186 Å². The van der Waals surface area contributed by atoms with Crippen LogP contribution in [0, 0.1) is 5.92 Å². The quantitative estimate of drug-likeness (QED) is 0.0380. The van der Waals surface area contributed by atoms with Crippen molar-refractivity contribution in [1.82, 2.24) is 0 Å². The van der Waals surface area contributed by atoms with Gasteiger partial charge in [-0.3, -0.25) is 0 Å². The minimum Gasteiger partial charge on any atom is -0.387 e. The second kappa shape index (κ2) is 46.4. The average Bonchev–Trinajstić information content (AvgIpc) is 0.759. The number of benzene rings is 11. The third-order valence-electron chi connectivity index (χ3n) is 22.2. The molecule has 0 spiro atoms. The summed E-state index contributed by atoms with van der Waals surface area (Å²) in [4.78, 5) is 0. The predicted molar refractivity (Wildman–Crippen MR) is 455 cm³/mol. The van der Waals surface area contributed by atoms with Crippen LogP contribution in [-0.4, -0.2) is 148 Å². The summed E-state index contributed by atoms with van der Waals surface area (Å²) in [5.41, 5.74) is 9.75. The number of aliphatic hydroxyl groups excluding tert-OH is 1. The molecule has 4 heterocycles. The van der Waals surface area contributed by atoms with Crippen molar-refractivity contribution in [3.05, 3.63) is 395 Å². The van der Waals surface area contributed by atoms with E-state index < -0.39 is 129 Å². The van der Waals surface area contributed by atoms with Gasteiger partial charge in [0.05, 0.1) is 105 Å². The molecule has 20 heteroatoms. The molecule has 0 saturated carbocycles. The molecule has 4 aliphatic rings. The summed E-state index contributed by atoms with van der Waals surface area (Å²) in [6.07, 6.45) is -22.4. The maximum atomic E-state index is 17.3. The number of ether oxygens (including phenoxy) is 18. The smallest absolute Gasteiger partial charge is 0.228 e. The van der Waals surface area contributed by atoms with Gasteiger partial charge < -0.3 is 90.4 Å². The van der Waals surface area contributed by atoms with E-state index >= 15 is 4.39 Å². The molecule has 4 aliphatic heterocycles. The minimum absolute atomic E-state index is 0.0151. The summed E-state index contributed by atoms with van der Waals surface area (Å²) in [6, 6.07) is 108. The van der Waals surface area contributed by atoms with E-state index in [1.54, 1.807) is 0 Å². The summed E-state index contributed by atoms with van der Waals surface area (Å²) in [6.45, 7) is 2.96. The molecule has 15 rings (SSSR count). The van der Waals surface area contributed by atoms with Gasteiger partial charge in [-0.15, -0.1) is 0 Å². The Hall–Kier alpha value is -9.41.